The molecule has 2 rings (SSSR count). The maximum atomic E-state index is 5.27. The van der Waals surface area contributed by atoms with Crippen molar-refractivity contribution >= 4 is 0 Å². The van der Waals surface area contributed by atoms with Gasteiger partial charge < -0.3 is 10.1 Å². The predicted octanol–water partition coefficient (Wildman–Crippen LogP) is 0.659. The molecule has 14 heavy (non-hydrogen) atoms. The Morgan fingerprint density at radius 2 is 2.50 bits per heavy atom. The van der Waals surface area contributed by atoms with Crippen LogP contribution in [-0.4, -0.2) is 23.1 Å². The molecular formula is C10H15N3O. The fourth-order valence-corrected chi connectivity index (χ4v) is 1.54. The lowest BCUT2D eigenvalue weighted by Crippen LogP contribution is -2.25. The molecule has 1 aliphatic rings. The van der Waals surface area contributed by atoms with Crippen molar-refractivity contribution in [2.24, 2.45) is 0 Å². The average Bonchev–Trinajstić information content (AvgIpc) is 2.26. The van der Waals surface area contributed by atoms with Crippen molar-refractivity contribution in [3.8, 4) is 0 Å². The van der Waals surface area contributed by atoms with Gasteiger partial charge in [0.25, 0.3) is 0 Å². The second kappa shape index (κ2) is 4.48. The standard InChI is InChI=1S/C10H15N3O/c1-2-14-7-10-12-6-8-5-11-4-3-9(8)13-10/h6,11H,2-5,7H2,1H3. The monoisotopic (exact) mass is 193 g/mol. The van der Waals surface area contributed by atoms with Gasteiger partial charge in [0.05, 0.1) is 0 Å². The first-order valence-electron chi connectivity index (χ1n) is 5.02. The molecule has 1 aromatic rings. The highest BCUT2D eigenvalue weighted by atomic mass is 16.5. The van der Waals surface area contributed by atoms with Crippen LogP contribution in [0.2, 0.25) is 0 Å². The van der Waals surface area contributed by atoms with Crippen LogP contribution in [0.1, 0.15) is 24.0 Å². The van der Waals surface area contributed by atoms with E-state index in [0.717, 1.165) is 25.3 Å². The zero-order chi connectivity index (χ0) is 9.80. The van der Waals surface area contributed by atoms with E-state index in [1.165, 1.54) is 11.3 Å². The maximum Gasteiger partial charge on any atom is 0.154 e. The van der Waals surface area contributed by atoms with E-state index in [-0.39, 0.29) is 0 Å². The molecule has 4 heteroatoms. The molecule has 0 saturated heterocycles. The summed E-state index contributed by atoms with van der Waals surface area (Å²) in [5.41, 5.74) is 2.39. The molecule has 0 saturated carbocycles. The van der Waals surface area contributed by atoms with Crippen LogP contribution in [0.5, 0.6) is 0 Å². The molecule has 0 aliphatic carbocycles. The minimum atomic E-state index is 0.525. The van der Waals surface area contributed by atoms with Crippen molar-refractivity contribution in [3.63, 3.8) is 0 Å². The van der Waals surface area contributed by atoms with Crippen molar-refractivity contribution in [3.05, 3.63) is 23.3 Å². The van der Waals surface area contributed by atoms with E-state index in [9.17, 15) is 0 Å². The molecular weight excluding hydrogens is 178 g/mol. The molecule has 1 aromatic heterocycles. The summed E-state index contributed by atoms with van der Waals surface area (Å²) < 4.78 is 5.27. The zero-order valence-corrected chi connectivity index (χ0v) is 8.42. The highest BCUT2D eigenvalue weighted by Gasteiger charge is 2.10. The van der Waals surface area contributed by atoms with Crippen LogP contribution in [0.4, 0.5) is 0 Å². The lowest BCUT2D eigenvalue weighted by atomic mass is 10.1. The normalized spacial score (nSPS) is 15.2. The molecule has 0 unspecified atom stereocenters. The summed E-state index contributed by atoms with van der Waals surface area (Å²) in [6.07, 6.45) is 2.90. The van der Waals surface area contributed by atoms with E-state index in [0.29, 0.717) is 13.2 Å². The molecule has 4 nitrogen and oxygen atoms in total. The van der Waals surface area contributed by atoms with Gasteiger partial charge in [-0.15, -0.1) is 0 Å². The number of hydrogen-bond donors (Lipinski definition) is 1. The summed E-state index contributed by atoms with van der Waals surface area (Å²) in [5, 5.41) is 3.29. The van der Waals surface area contributed by atoms with Crippen molar-refractivity contribution in [1.29, 1.82) is 0 Å². The Hall–Kier alpha value is -1.00. The molecule has 0 aromatic carbocycles. The third-order valence-electron chi connectivity index (χ3n) is 2.29. The van der Waals surface area contributed by atoms with Crippen molar-refractivity contribution in [1.82, 2.24) is 15.3 Å². The summed E-state index contributed by atoms with van der Waals surface area (Å²) in [5.74, 6) is 0.799. The highest BCUT2D eigenvalue weighted by Crippen LogP contribution is 2.10. The quantitative estimate of drug-likeness (QED) is 0.766. The number of aromatic nitrogens is 2. The van der Waals surface area contributed by atoms with E-state index in [1.54, 1.807) is 0 Å². The van der Waals surface area contributed by atoms with Crippen molar-refractivity contribution in [2.45, 2.75) is 26.5 Å². The molecule has 0 spiro atoms. The Labute approximate surface area is 83.7 Å². The van der Waals surface area contributed by atoms with Crippen LogP contribution in [0.3, 0.4) is 0 Å². The fourth-order valence-electron chi connectivity index (χ4n) is 1.54. The molecule has 2 heterocycles. The van der Waals surface area contributed by atoms with Crippen molar-refractivity contribution < 1.29 is 4.74 Å². The average molecular weight is 193 g/mol. The molecule has 1 N–H and O–H groups in total. The molecule has 0 fully saturated rings. The number of nitrogens with one attached hydrogen (secondary N) is 1. The van der Waals surface area contributed by atoms with Crippen LogP contribution in [0.25, 0.3) is 0 Å². The molecule has 76 valence electrons. The first-order valence-corrected chi connectivity index (χ1v) is 5.02. The van der Waals surface area contributed by atoms with E-state index >= 15 is 0 Å². The Balaban J connectivity index is 2.12. The summed E-state index contributed by atoms with van der Waals surface area (Å²) in [6.45, 7) is 5.11. The summed E-state index contributed by atoms with van der Waals surface area (Å²) >= 11 is 0. The zero-order valence-electron chi connectivity index (χ0n) is 8.42. The molecule has 0 bridgehead atoms. The lowest BCUT2D eigenvalue weighted by molar-refractivity contribution is 0.128. The lowest BCUT2D eigenvalue weighted by Gasteiger charge is -2.15. The van der Waals surface area contributed by atoms with Crippen LogP contribution in [0, 0.1) is 0 Å². The van der Waals surface area contributed by atoms with Gasteiger partial charge in [0, 0.05) is 43.6 Å². The summed E-state index contributed by atoms with van der Waals surface area (Å²) in [7, 11) is 0. The highest BCUT2D eigenvalue weighted by molar-refractivity contribution is 5.20. The second-order valence-electron chi connectivity index (χ2n) is 3.32. The van der Waals surface area contributed by atoms with Gasteiger partial charge in [-0.25, -0.2) is 9.97 Å². The Morgan fingerprint density at radius 1 is 1.57 bits per heavy atom. The van der Waals surface area contributed by atoms with Gasteiger partial charge in [-0.2, -0.15) is 0 Å². The van der Waals surface area contributed by atoms with Crippen LogP contribution < -0.4 is 5.32 Å². The molecule has 0 radical (unpaired) electrons. The fraction of sp³-hybridized carbons (Fsp3) is 0.600. The third kappa shape index (κ3) is 2.08. The number of hydrogen-bond acceptors (Lipinski definition) is 4. The minimum Gasteiger partial charge on any atom is -0.374 e. The van der Waals surface area contributed by atoms with Crippen molar-refractivity contribution in [2.75, 3.05) is 13.2 Å². The van der Waals surface area contributed by atoms with Gasteiger partial charge in [0.15, 0.2) is 5.82 Å². The Bertz CT molecular complexity index is 314. The van der Waals surface area contributed by atoms with Gasteiger partial charge in [0.1, 0.15) is 6.61 Å². The van der Waals surface area contributed by atoms with Gasteiger partial charge in [-0.05, 0) is 6.92 Å². The first-order chi connectivity index (χ1) is 6.90. The number of ether oxygens (including phenoxy) is 1. The third-order valence-corrected chi connectivity index (χ3v) is 2.29. The Kier molecular flexibility index (Phi) is 3.06. The van der Waals surface area contributed by atoms with Gasteiger partial charge in [0.2, 0.25) is 0 Å². The van der Waals surface area contributed by atoms with Gasteiger partial charge in [-0.1, -0.05) is 0 Å². The minimum absolute atomic E-state index is 0.525. The number of rotatable bonds is 3. The number of fused-ring (bicyclic) bond motifs is 1. The van der Waals surface area contributed by atoms with E-state index < -0.39 is 0 Å². The molecule has 0 atom stereocenters. The van der Waals surface area contributed by atoms with Gasteiger partial charge in [-0.3, -0.25) is 0 Å². The van der Waals surface area contributed by atoms with E-state index in [1.807, 2.05) is 13.1 Å². The Morgan fingerprint density at radius 3 is 3.36 bits per heavy atom. The largest absolute Gasteiger partial charge is 0.374 e. The predicted molar refractivity (Wildman–Crippen MR) is 52.8 cm³/mol. The molecule has 1 aliphatic heterocycles. The first kappa shape index (κ1) is 9.55. The van der Waals surface area contributed by atoms with Crippen LogP contribution in [-0.2, 0) is 24.3 Å². The van der Waals surface area contributed by atoms with Gasteiger partial charge >= 0.3 is 0 Å². The number of nitrogens with zero attached hydrogens (tertiary/aromatic N) is 2. The van der Waals surface area contributed by atoms with Crippen LogP contribution >= 0.6 is 0 Å². The van der Waals surface area contributed by atoms with E-state index in [4.69, 9.17) is 4.74 Å². The topological polar surface area (TPSA) is 47.0 Å². The summed E-state index contributed by atoms with van der Waals surface area (Å²) in [4.78, 5) is 8.73. The second-order valence-corrected chi connectivity index (χ2v) is 3.32. The van der Waals surface area contributed by atoms with Crippen LogP contribution in [0.15, 0.2) is 6.20 Å². The SMILES string of the molecule is CCOCc1ncc2c(n1)CCNC2. The summed E-state index contributed by atoms with van der Waals surface area (Å²) in [6, 6.07) is 0. The molecule has 0 amide bonds. The smallest absolute Gasteiger partial charge is 0.154 e. The maximum absolute atomic E-state index is 5.27. The van der Waals surface area contributed by atoms with E-state index in [2.05, 4.69) is 15.3 Å².